The highest BCUT2D eigenvalue weighted by molar-refractivity contribution is 7.11. The van der Waals surface area contributed by atoms with Crippen molar-refractivity contribution in [2.24, 2.45) is 0 Å². The molecule has 0 saturated heterocycles. The number of nitrogens with one attached hydrogen (secondary N) is 1. The van der Waals surface area contributed by atoms with Crippen LogP contribution in [0.5, 0.6) is 0 Å². The first kappa shape index (κ1) is 11.2. The summed E-state index contributed by atoms with van der Waals surface area (Å²) in [4.78, 5) is 17.7. The Morgan fingerprint density at radius 3 is 2.94 bits per heavy atom. The normalized spacial score (nSPS) is 18.8. The van der Waals surface area contributed by atoms with Gasteiger partial charge < -0.3 is 5.32 Å². The molecule has 3 rings (SSSR count). The summed E-state index contributed by atoms with van der Waals surface area (Å²) in [5.41, 5.74) is 1.30. The number of nitrogens with zero attached hydrogens (tertiary/aromatic N) is 1. The molecular weight excluding hydrogens is 232 g/mol. The topological polar surface area (TPSA) is 42.0 Å². The molecule has 1 fully saturated rings. The van der Waals surface area contributed by atoms with E-state index in [4.69, 9.17) is 0 Å². The smallest absolute Gasteiger partial charge is 0.220 e. The van der Waals surface area contributed by atoms with E-state index in [0.29, 0.717) is 12.5 Å². The van der Waals surface area contributed by atoms with Gasteiger partial charge in [-0.3, -0.25) is 4.79 Å². The highest BCUT2D eigenvalue weighted by Gasteiger charge is 2.23. The van der Waals surface area contributed by atoms with E-state index in [1.807, 2.05) is 11.3 Å². The lowest BCUT2D eigenvalue weighted by molar-refractivity contribution is -0.121. The van der Waals surface area contributed by atoms with Crippen LogP contribution in [0.25, 0.3) is 0 Å². The molecule has 1 aromatic heterocycles. The fourth-order valence-corrected chi connectivity index (χ4v) is 3.42. The van der Waals surface area contributed by atoms with Crippen LogP contribution in [0, 0.1) is 0 Å². The van der Waals surface area contributed by atoms with Gasteiger partial charge in [0.1, 0.15) is 0 Å². The molecule has 4 heteroatoms. The van der Waals surface area contributed by atoms with Crippen molar-refractivity contribution in [3.63, 3.8) is 0 Å². The van der Waals surface area contributed by atoms with Gasteiger partial charge in [-0.25, -0.2) is 4.98 Å². The Hall–Kier alpha value is -0.900. The molecule has 0 atom stereocenters. The standard InChI is InChI=1S/C13H18N2OS/c16-12(14-9-5-6-9)7-8-13-15-10-3-1-2-4-11(10)17-13/h9H,1-8H2,(H,14,16). The third kappa shape index (κ3) is 2.86. The van der Waals surface area contributed by atoms with Gasteiger partial charge in [-0.2, -0.15) is 0 Å². The highest BCUT2D eigenvalue weighted by atomic mass is 32.1. The molecule has 92 valence electrons. The number of thiazole rings is 1. The molecule has 1 saturated carbocycles. The van der Waals surface area contributed by atoms with Crippen molar-refractivity contribution in [2.75, 3.05) is 0 Å². The Morgan fingerprint density at radius 1 is 1.35 bits per heavy atom. The zero-order chi connectivity index (χ0) is 11.7. The van der Waals surface area contributed by atoms with Crippen molar-refractivity contribution in [3.05, 3.63) is 15.6 Å². The Balaban J connectivity index is 1.53. The molecule has 17 heavy (non-hydrogen) atoms. The first-order valence-electron chi connectivity index (χ1n) is 6.58. The average molecular weight is 250 g/mol. The number of hydrogen-bond donors (Lipinski definition) is 1. The van der Waals surface area contributed by atoms with E-state index in [1.165, 1.54) is 29.8 Å². The second-order valence-corrected chi connectivity index (χ2v) is 6.19. The molecule has 3 nitrogen and oxygen atoms in total. The second-order valence-electron chi connectivity index (χ2n) is 5.03. The zero-order valence-electron chi connectivity index (χ0n) is 10.00. The predicted molar refractivity (Wildman–Crippen MR) is 68.2 cm³/mol. The number of amides is 1. The molecule has 1 heterocycles. The average Bonchev–Trinajstić information content (AvgIpc) is 3.03. The Bertz CT molecular complexity index is 400. The molecule has 1 amide bonds. The fraction of sp³-hybridized carbons (Fsp3) is 0.692. The van der Waals surface area contributed by atoms with Gasteiger partial charge in [0, 0.05) is 23.8 Å². The van der Waals surface area contributed by atoms with Crippen LogP contribution in [0.15, 0.2) is 0 Å². The lowest BCUT2D eigenvalue weighted by Crippen LogP contribution is -2.25. The number of fused-ring (bicyclic) bond motifs is 1. The van der Waals surface area contributed by atoms with Gasteiger partial charge in [0.2, 0.25) is 5.91 Å². The SMILES string of the molecule is O=C(CCc1nc2c(s1)CCCC2)NC1CC1. The van der Waals surface area contributed by atoms with Gasteiger partial charge in [-0.1, -0.05) is 0 Å². The fourth-order valence-electron chi connectivity index (χ4n) is 2.26. The molecule has 0 unspecified atom stereocenters. The first-order chi connectivity index (χ1) is 8.31. The summed E-state index contributed by atoms with van der Waals surface area (Å²) < 4.78 is 0. The van der Waals surface area contributed by atoms with Gasteiger partial charge in [0.05, 0.1) is 10.7 Å². The first-order valence-corrected chi connectivity index (χ1v) is 7.40. The minimum atomic E-state index is 0.195. The molecule has 1 aromatic rings. The third-order valence-corrected chi connectivity index (χ3v) is 4.62. The molecule has 2 aliphatic rings. The van der Waals surface area contributed by atoms with E-state index in [2.05, 4.69) is 10.3 Å². The monoisotopic (exact) mass is 250 g/mol. The van der Waals surface area contributed by atoms with E-state index in [1.54, 1.807) is 0 Å². The maximum atomic E-state index is 11.6. The maximum Gasteiger partial charge on any atom is 0.220 e. The van der Waals surface area contributed by atoms with Gasteiger partial charge in [0.25, 0.3) is 0 Å². The lowest BCUT2D eigenvalue weighted by Gasteiger charge is -2.06. The Kier molecular flexibility index (Phi) is 3.14. The summed E-state index contributed by atoms with van der Waals surface area (Å²) in [5, 5.41) is 4.18. The van der Waals surface area contributed by atoms with Crippen LogP contribution in [0.4, 0.5) is 0 Å². The summed E-state index contributed by atoms with van der Waals surface area (Å²) in [6.07, 6.45) is 8.66. The van der Waals surface area contributed by atoms with E-state index in [9.17, 15) is 4.79 Å². The third-order valence-electron chi connectivity index (χ3n) is 3.40. The summed E-state index contributed by atoms with van der Waals surface area (Å²) in [7, 11) is 0. The number of aryl methyl sites for hydroxylation is 3. The van der Waals surface area contributed by atoms with Crippen molar-refractivity contribution >= 4 is 17.2 Å². The van der Waals surface area contributed by atoms with Crippen molar-refractivity contribution in [2.45, 2.75) is 57.4 Å². The molecular formula is C13H18N2OS. The second kappa shape index (κ2) is 4.77. The lowest BCUT2D eigenvalue weighted by atomic mass is 10.0. The number of carbonyl (C=O) groups excluding carboxylic acids is 1. The van der Waals surface area contributed by atoms with Gasteiger partial charge >= 0.3 is 0 Å². The van der Waals surface area contributed by atoms with Crippen molar-refractivity contribution in [1.29, 1.82) is 0 Å². The van der Waals surface area contributed by atoms with E-state index >= 15 is 0 Å². The van der Waals surface area contributed by atoms with Crippen LogP contribution in [0.2, 0.25) is 0 Å². The summed E-state index contributed by atoms with van der Waals surface area (Å²) >= 11 is 1.82. The van der Waals surface area contributed by atoms with Crippen LogP contribution in [-0.4, -0.2) is 16.9 Å². The van der Waals surface area contributed by atoms with Crippen LogP contribution in [0.3, 0.4) is 0 Å². The van der Waals surface area contributed by atoms with Crippen LogP contribution < -0.4 is 5.32 Å². The van der Waals surface area contributed by atoms with E-state index < -0.39 is 0 Å². The predicted octanol–water partition coefficient (Wildman–Crippen LogP) is 2.23. The van der Waals surface area contributed by atoms with Gasteiger partial charge in [-0.15, -0.1) is 11.3 Å². The molecule has 1 N–H and O–H groups in total. The zero-order valence-corrected chi connectivity index (χ0v) is 10.8. The minimum Gasteiger partial charge on any atom is -0.353 e. The summed E-state index contributed by atoms with van der Waals surface area (Å²) in [5.74, 6) is 0.195. The molecule has 0 aromatic carbocycles. The van der Waals surface area contributed by atoms with Crippen LogP contribution in [-0.2, 0) is 24.1 Å². The quantitative estimate of drug-likeness (QED) is 0.890. The molecule has 0 aliphatic heterocycles. The van der Waals surface area contributed by atoms with Gasteiger partial charge in [0.15, 0.2) is 0 Å². The molecule has 0 radical (unpaired) electrons. The molecule has 0 spiro atoms. The maximum absolute atomic E-state index is 11.6. The molecule has 2 aliphatic carbocycles. The highest BCUT2D eigenvalue weighted by Crippen LogP contribution is 2.27. The number of aromatic nitrogens is 1. The van der Waals surface area contributed by atoms with Crippen molar-refractivity contribution in [3.8, 4) is 0 Å². The van der Waals surface area contributed by atoms with E-state index in [0.717, 1.165) is 30.7 Å². The van der Waals surface area contributed by atoms with Crippen molar-refractivity contribution < 1.29 is 4.79 Å². The minimum absolute atomic E-state index is 0.195. The van der Waals surface area contributed by atoms with Gasteiger partial charge in [-0.05, 0) is 38.5 Å². The number of hydrogen-bond acceptors (Lipinski definition) is 3. The number of carbonyl (C=O) groups is 1. The van der Waals surface area contributed by atoms with Crippen molar-refractivity contribution in [1.82, 2.24) is 10.3 Å². The Labute approximate surface area is 106 Å². The van der Waals surface area contributed by atoms with E-state index in [-0.39, 0.29) is 5.91 Å². The summed E-state index contributed by atoms with van der Waals surface area (Å²) in [6.45, 7) is 0. The Morgan fingerprint density at radius 2 is 2.18 bits per heavy atom. The van der Waals surface area contributed by atoms with Crippen LogP contribution in [0.1, 0.15) is 47.7 Å². The largest absolute Gasteiger partial charge is 0.353 e. The van der Waals surface area contributed by atoms with Crippen LogP contribution >= 0.6 is 11.3 Å². The number of rotatable bonds is 4. The molecule has 0 bridgehead atoms. The summed E-state index contributed by atoms with van der Waals surface area (Å²) in [6, 6.07) is 0.479.